The number of hydrogen-bond acceptors (Lipinski definition) is 3. The van der Waals surface area contributed by atoms with Crippen LogP contribution in [0.15, 0.2) is 10.5 Å². The number of carbonyl (C=O) groups is 2. The van der Waals surface area contributed by atoms with Crippen molar-refractivity contribution < 1.29 is 14.0 Å². The van der Waals surface area contributed by atoms with Crippen LogP contribution in [-0.2, 0) is 9.59 Å². The number of alkyl halides is 1. The zero-order valence-electron chi connectivity index (χ0n) is 14.3. The number of fused-ring (bicyclic) bond motifs is 7. The first-order valence-corrected chi connectivity index (χ1v) is 9.90. The molecule has 0 aromatic carbocycles. The van der Waals surface area contributed by atoms with Crippen molar-refractivity contribution in [3.05, 3.63) is 10.5 Å². The monoisotopic (exact) mass is 348 g/mol. The van der Waals surface area contributed by atoms with Crippen LogP contribution in [0.2, 0.25) is 0 Å². The van der Waals surface area contributed by atoms with Gasteiger partial charge >= 0.3 is 0 Å². The number of hydrogen-bond donors (Lipinski definition) is 1. The first-order chi connectivity index (χ1) is 11.3. The van der Waals surface area contributed by atoms with Gasteiger partial charge in [-0.1, -0.05) is 13.8 Å². The number of ketones is 2. The van der Waals surface area contributed by atoms with Crippen LogP contribution in [0.1, 0.15) is 52.4 Å². The molecule has 0 heterocycles. The van der Waals surface area contributed by atoms with Crippen LogP contribution in [0.25, 0.3) is 0 Å². The average molecular weight is 348 g/mol. The van der Waals surface area contributed by atoms with Crippen molar-refractivity contribution in [2.24, 2.45) is 40.4 Å². The molecular weight excluding hydrogens is 323 g/mol. The summed E-state index contributed by atoms with van der Waals surface area (Å²) >= 11 is 4.61. The Kier molecular flexibility index (Phi) is 2.96. The van der Waals surface area contributed by atoms with Gasteiger partial charge in [-0.25, -0.2) is 4.39 Å². The molecule has 130 valence electrons. The third-order valence-electron chi connectivity index (χ3n) is 8.70. The second kappa shape index (κ2) is 4.55. The van der Waals surface area contributed by atoms with Crippen LogP contribution < -0.4 is 0 Å². The molecule has 5 aliphatic rings. The minimum Gasteiger partial charge on any atom is -0.296 e. The SMILES string of the molecule is C[C@]12CC[C@H]3[C@@H](CCC4=C(S)C(=O)[C@H]5CC5[C@@]43C)[C@@H]1C[C@H](F)C2=O. The zero-order valence-corrected chi connectivity index (χ0v) is 15.2. The van der Waals surface area contributed by atoms with Crippen LogP contribution in [0, 0.1) is 40.4 Å². The molecule has 0 bridgehead atoms. The number of rotatable bonds is 0. The van der Waals surface area contributed by atoms with Crippen molar-refractivity contribution in [3.63, 3.8) is 0 Å². The Balaban J connectivity index is 1.58. The van der Waals surface area contributed by atoms with E-state index in [4.69, 9.17) is 0 Å². The fourth-order valence-electron chi connectivity index (χ4n) is 7.33. The van der Waals surface area contributed by atoms with Gasteiger partial charge in [0.15, 0.2) is 17.7 Å². The normalized spacial score (nSPS) is 55.7. The number of carbonyl (C=O) groups excluding carboxylic acids is 2. The summed E-state index contributed by atoms with van der Waals surface area (Å²) in [4.78, 5) is 25.6. The van der Waals surface area contributed by atoms with Gasteiger partial charge in [0.1, 0.15) is 0 Å². The van der Waals surface area contributed by atoms with E-state index >= 15 is 0 Å². The highest BCUT2D eigenvalue weighted by atomic mass is 32.1. The highest BCUT2D eigenvalue weighted by molar-refractivity contribution is 7.85. The Hall–Kier alpha value is -0.640. The molecule has 5 aliphatic carbocycles. The molecule has 0 N–H and O–H groups in total. The number of halogens is 1. The number of allylic oxidation sites excluding steroid dienone is 1. The molecule has 8 atom stereocenters. The van der Waals surface area contributed by atoms with Gasteiger partial charge in [-0.2, -0.15) is 0 Å². The van der Waals surface area contributed by atoms with E-state index in [-0.39, 0.29) is 28.8 Å². The molecule has 0 saturated heterocycles. The van der Waals surface area contributed by atoms with Crippen molar-refractivity contribution in [1.29, 1.82) is 0 Å². The minimum atomic E-state index is -1.26. The minimum absolute atomic E-state index is 0.0529. The summed E-state index contributed by atoms with van der Waals surface area (Å²) in [7, 11) is 0. The third-order valence-corrected chi connectivity index (χ3v) is 9.19. The van der Waals surface area contributed by atoms with Gasteiger partial charge in [0.25, 0.3) is 0 Å². The summed E-state index contributed by atoms with van der Waals surface area (Å²) in [6, 6.07) is 0. The first-order valence-electron chi connectivity index (χ1n) is 9.45. The Labute approximate surface area is 148 Å². The van der Waals surface area contributed by atoms with Crippen LogP contribution in [0.4, 0.5) is 4.39 Å². The summed E-state index contributed by atoms with van der Waals surface area (Å²) in [6.45, 7) is 4.36. The Morgan fingerprint density at radius 2 is 1.83 bits per heavy atom. The van der Waals surface area contributed by atoms with Crippen molar-refractivity contribution in [1.82, 2.24) is 0 Å². The second-order valence-electron chi connectivity index (χ2n) is 9.36. The third kappa shape index (κ3) is 1.60. The number of Topliss-reactive ketones (excluding diaryl/α,β-unsaturated/α-hetero) is 2. The molecule has 0 radical (unpaired) electrons. The molecule has 4 saturated carbocycles. The Morgan fingerprint density at radius 1 is 1.08 bits per heavy atom. The van der Waals surface area contributed by atoms with Gasteiger partial charge in [0.05, 0.1) is 0 Å². The molecule has 4 heteroatoms. The van der Waals surface area contributed by atoms with Crippen molar-refractivity contribution >= 4 is 24.2 Å². The van der Waals surface area contributed by atoms with E-state index in [2.05, 4.69) is 19.6 Å². The van der Waals surface area contributed by atoms with Crippen LogP contribution >= 0.6 is 12.6 Å². The lowest BCUT2D eigenvalue weighted by molar-refractivity contribution is -0.135. The van der Waals surface area contributed by atoms with Gasteiger partial charge < -0.3 is 0 Å². The van der Waals surface area contributed by atoms with E-state index < -0.39 is 11.6 Å². The molecule has 0 aromatic heterocycles. The fraction of sp³-hybridized carbons (Fsp3) is 0.800. The van der Waals surface area contributed by atoms with E-state index in [0.29, 0.717) is 24.2 Å². The van der Waals surface area contributed by atoms with Gasteiger partial charge in [0.2, 0.25) is 0 Å². The summed E-state index contributed by atoms with van der Waals surface area (Å²) in [5.41, 5.74) is 0.882. The van der Waals surface area contributed by atoms with Gasteiger partial charge in [-0.05, 0) is 73.2 Å². The predicted octanol–water partition coefficient (Wildman–Crippen LogP) is 4.15. The van der Waals surface area contributed by atoms with Crippen molar-refractivity contribution in [3.8, 4) is 0 Å². The highest BCUT2D eigenvalue weighted by Crippen LogP contribution is 2.71. The van der Waals surface area contributed by atoms with Gasteiger partial charge in [0, 0.05) is 16.2 Å². The topological polar surface area (TPSA) is 34.1 Å². The van der Waals surface area contributed by atoms with Crippen molar-refractivity contribution in [2.75, 3.05) is 0 Å². The largest absolute Gasteiger partial charge is 0.296 e. The lowest BCUT2D eigenvalue weighted by Gasteiger charge is -2.57. The zero-order chi connectivity index (χ0) is 17.0. The Bertz CT molecular complexity index is 700. The van der Waals surface area contributed by atoms with E-state index in [1.807, 2.05) is 6.92 Å². The quantitative estimate of drug-likeness (QED) is 0.667. The molecule has 0 spiro atoms. The van der Waals surface area contributed by atoms with Crippen LogP contribution in [0.5, 0.6) is 0 Å². The maximum atomic E-state index is 14.2. The van der Waals surface area contributed by atoms with E-state index in [1.54, 1.807) is 0 Å². The molecule has 1 unspecified atom stereocenters. The second-order valence-corrected chi connectivity index (χ2v) is 9.81. The van der Waals surface area contributed by atoms with E-state index in [9.17, 15) is 14.0 Å². The molecule has 2 nitrogen and oxygen atoms in total. The average Bonchev–Trinajstić information content (AvgIpc) is 3.32. The van der Waals surface area contributed by atoms with Crippen molar-refractivity contribution in [2.45, 2.75) is 58.5 Å². The van der Waals surface area contributed by atoms with E-state index in [1.165, 1.54) is 5.57 Å². The summed E-state index contributed by atoms with van der Waals surface area (Å²) < 4.78 is 14.2. The lowest BCUT2D eigenvalue weighted by atomic mass is 9.47. The van der Waals surface area contributed by atoms with Crippen LogP contribution in [0.3, 0.4) is 0 Å². The standard InChI is InChI=1S/C20H25FO2S/c1-19-6-5-11-9(13(19)8-15(21)18(19)23)3-4-12-17(24)16(22)10-7-14(10)20(11,12)2/h9-11,13-15,24H,3-8H2,1-2H3/t9-,10+,11+,13+,14?,15+,19+,20-/m1/s1. The van der Waals surface area contributed by atoms with E-state index in [0.717, 1.165) is 37.0 Å². The molecular formula is C20H25FO2S. The molecule has 5 rings (SSSR count). The smallest absolute Gasteiger partial charge is 0.173 e. The van der Waals surface area contributed by atoms with Crippen LogP contribution in [-0.4, -0.2) is 17.7 Å². The molecule has 4 fully saturated rings. The highest BCUT2D eigenvalue weighted by Gasteiger charge is 2.68. The first kappa shape index (κ1) is 15.6. The number of thiol groups is 1. The predicted molar refractivity (Wildman–Crippen MR) is 92.3 cm³/mol. The fourth-order valence-corrected chi connectivity index (χ4v) is 7.85. The summed E-state index contributed by atoms with van der Waals surface area (Å²) in [6.07, 6.45) is 3.87. The molecule has 0 aromatic rings. The lowest BCUT2D eigenvalue weighted by Crippen LogP contribution is -2.52. The van der Waals surface area contributed by atoms with Gasteiger partial charge in [-0.3, -0.25) is 9.59 Å². The van der Waals surface area contributed by atoms with Gasteiger partial charge in [-0.15, -0.1) is 12.6 Å². The molecule has 0 amide bonds. The maximum absolute atomic E-state index is 14.2. The Morgan fingerprint density at radius 3 is 2.58 bits per heavy atom. The maximum Gasteiger partial charge on any atom is 0.173 e. The summed E-state index contributed by atoms with van der Waals surface area (Å²) in [5.74, 6) is 1.87. The molecule has 24 heavy (non-hydrogen) atoms. The summed E-state index contributed by atoms with van der Waals surface area (Å²) in [5, 5.41) is 0. The molecule has 0 aliphatic heterocycles.